The van der Waals surface area contributed by atoms with Crippen molar-refractivity contribution < 1.29 is 23.8 Å². The summed E-state index contributed by atoms with van der Waals surface area (Å²) in [5.74, 6) is 0.115. The van der Waals surface area contributed by atoms with Gasteiger partial charge in [-0.1, -0.05) is 17.7 Å². The van der Waals surface area contributed by atoms with Crippen molar-refractivity contribution in [2.75, 3.05) is 18.5 Å². The number of carbonyl (C=O) groups excluding carboxylic acids is 2. The molecule has 1 atom stereocenters. The van der Waals surface area contributed by atoms with Crippen LogP contribution in [0.25, 0.3) is 0 Å². The third kappa shape index (κ3) is 6.29. The van der Waals surface area contributed by atoms with Crippen molar-refractivity contribution in [1.82, 2.24) is 0 Å². The maximum atomic E-state index is 12.0. The van der Waals surface area contributed by atoms with Gasteiger partial charge in [-0.25, -0.2) is 4.79 Å². The number of amides is 1. The second-order valence-electron chi connectivity index (χ2n) is 5.32. The summed E-state index contributed by atoms with van der Waals surface area (Å²) in [6.07, 6.45) is -0.967. The first-order valence-corrected chi connectivity index (χ1v) is 8.47. The number of carbonyl (C=O) groups is 2. The fourth-order valence-electron chi connectivity index (χ4n) is 2.04. The minimum Gasteiger partial charge on any atom is -0.494 e. The van der Waals surface area contributed by atoms with E-state index < -0.39 is 18.0 Å². The quantitative estimate of drug-likeness (QED) is 0.710. The van der Waals surface area contributed by atoms with Crippen LogP contribution in [0.15, 0.2) is 48.5 Å². The van der Waals surface area contributed by atoms with Crippen molar-refractivity contribution in [2.24, 2.45) is 0 Å². The van der Waals surface area contributed by atoms with E-state index in [1.165, 1.54) is 6.92 Å². The van der Waals surface area contributed by atoms with Gasteiger partial charge in [-0.05, 0) is 56.3 Å². The number of rotatable bonds is 8. The molecule has 2 aromatic rings. The Morgan fingerprint density at radius 2 is 1.73 bits per heavy atom. The summed E-state index contributed by atoms with van der Waals surface area (Å²) in [5.41, 5.74) is 0.524. The number of hydrogen-bond donors (Lipinski definition) is 1. The Kier molecular flexibility index (Phi) is 7.29. The second-order valence-corrected chi connectivity index (χ2v) is 5.76. The minimum absolute atomic E-state index is 0.303. The van der Waals surface area contributed by atoms with Crippen LogP contribution in [0.4, 0.5) is 5.69 Å². The Morgan fingerprint density at radius 1 is 1.08 bits per heavy atom. The average molecular weight is 378 g/mol. The molecule has 7 heteroatoms. The molecular formula is C19H20ClNO5. The SMILES string of the molecule is CCOc1ccc(OCC(=O)O[C@H](C)C(=O)Nc2cccc(Cl)c2)cc1. The van der Waals surface area contributed by atoms with Gasteiger partial charge in [-0.2, -0.15) is 0 Å². The van der Waals surface area contributed by atoms with Gasteiger partial charge in [0.2, 0.25) is 0 Å². The number of hydrogen-bond acceptors (Lipinski definition) is 5. The highest BCUT2D eigenvalue weighted by Crippen LogP contribution is 2.18. The Morgan fingerprint density at radius 3 is 2.35 bits per heavy atom. The number of halogens is 1. The van der Waals surface area contributed by atoms with Crippen LogP contribution in [-0.4, -0.2) is 31.2 Å². The van der Waals surface area contributed by atoms with Gasteiger partial charge < -0.3 is 19.5 Å². The molecule has 0 fully saturated rings. The van der Waals surface area contributed by atoms with Crippen LogP contribution in [0.2, 0.25) is 5.02 Å². The van der Waals surface area contributed by atoms with Crippen LogP contribution >= 0.6 is 11.6 Å². The second kappa shape index (κ2) is 9.68. The molecular weight excluding hydrogens is 358 g/mol. The molecule has 0 aromatic heterocycles. The average Bonchev–Trinajstić information content (AvgIpc) is 2.61. The highest BCUT2D eigenvalue weighted by atomic mass is 35.5. The lowest BCUT2D eigenvalue weighted by atomic mass is 10.3. The molecule has 0 saturated heterocycles. The normalized spacial score (nSPS) is 11.3. The summed E-state index contributed by atoms with van der Waals surface area (Å²) in [6.45, 7) is 3.64. The van der Waals surface area contributed by atoms with E-state index in [1.54, 1.807) is 48.5 Å². The number of benzene rings is 2. The zero-order valence-corrected chi connectivity index (χ0v) is 15.3. The van der Waals surface area contributed by atoms with Crippen molar-refractivity contribution in [3.63, 3.8) is 0 Å². The van der Waals surface area contributed by atoms with Gasteiger partial charge in [0.1, 0.15) is 11.5 Å². The molecule has 0 aliphatic rings. The first-order valence-electron chi connectivity index (χ1n) is 8.09. The zero-order valence-electron chi connectivity index (χ0n) is 14.5. The van der Waals surface area contributed by atoms with Crippen molar-refractivity contribution in [3.05, 3.63) is 53.6 Å². The van der Waals surface area contributed by atoms with E-state index >= 15 is 0 Å². The van der Waals surface area contributed by atoms with Gasteiger partial charge in [-0.15, -0.1) is 0 Å². The lowest BCUT2D eigenvalue weighted by molar-refractivity contribution is -0.155. The molecule has 0 saturated carbocycles. The van der Waals surface area contributed by atoms with Gasteiger partial charge in [0.15, 0.2) is 12.7 Å². The topological polar surface area (TPSA) is 73.9 Å². The molecule has 138 valence electrons. The summed E-state index contributed by atoms with van der Waals surface area (Å²) >= 11 is 5.86. The number of anilines is 1. The highest BCUT2D eigenvalue weighted by molar-refractivity contribution is 6.30. The molecule has 1 amide bonds. The third-order valence-corrected chi connectivity index (χ3v) is 3.50. The standard InChI is InChI=1S/C19H20ClNO5/c1-3-24-16-7-9-17(10-8-16)25-12-18(22)26-13(2)19(23)21-15-6-4-5-14(20)11-15/h4-11,13H,3,12H2,1-2H3,(H,21,23)/t13-/m1/s1. The van der Waals surface area contributed by atoms with Crippen LogP contribution in [0.3, 0.4) is 0 Å². The summed E-state index contributed by atoms with van der Waals surface area (Å²) < 4.78 is 15.7. The molecule has 0 bridgehead atoms. The summed E-state index contributed by atoms with van der Waals surface area (Å²) in [4.78, 5) is 23.9. The van der Waals surface area contributed by atoms with Gasteiger partial charge in [0.25, 0.3) is 5.91 Å². The molecule has 1 N–H and O–H groups in total. The van der Waals surface area contributed by atoms with E-state index in [0.717, 1.165) is 0 Å². The summed E-state index contributed by atoms with van der Waals surface area (Å²) in [7, 11) is 0. The number of esters is 1. The van der Waals surface area contributed by atoms with Crippen LogP contribution in [0, 0.1) is 0 Å². The van der Waals surface area contributed by atoms with Crippen molar-refractivity contribution in [2.45, 2.75) is 20.0 Å². The predicted octanol–water partition coefficient (Wildman–Crippen LogP) is 3.69. The van der Waals surface area contributed by atoms with E-state index in [4.69, 9.17) is 25.8 Å². The van der Waals surface area contributed by atoms with E-state index in [0.29, 0.717) is 28.8 Å². The summed E-state index contributed by atoms with van der Waals surface area (Å²) in [6, 6.07) is 13.5. The van der Waals surface area contributed by atoms with Crippen molar-refractivity contribution in [1.29, 1.82) is 0 Å². The molecule has 0 heterocycles. The van der Waals surface area contributed by atoms with Crippen LogP contribution in [-0.2, 0) is 14.3 Å². The Bertz CT molecular complexity index is 748. The van der Waals surface area contributed by atoms with Gasteiger partial charge in [0, 0.05) is 10.7 Å². The molecule has 26 heavy (non-hydrogen) atoms. The first kappa shape index (κ1) is 19.6. The van der Waals surface area contributed by atoms with Gasteiger partial charge in [0.05, 0.1) is 6.61 Å². The molecule has 2 aromatic carbocycles. The monoisotopic (exact) mass is 377 g/mol. The van der Waals surface area contributed by atoms with Crippen molar-refractivity contribution in [3.8, 4) is 11.5 Å². The van der Waals surface area contributed by atoms with E-state index in [9.17, 15) is 9.59 Å². The fourth-order valence-corrected chi connectivity index (χ4v) is 2.23. The molecule has 0 spiro atoms. The fraction of sp³-hybridized carbons (Fsp3) is 0.263. The lowest BCUT2D eigenvalue weighted by Gasteiger charge is -2.14. The first-order chi connectivity index (χ1) is 12.5. The smallest absolute Gasteiger partial charge is 0.344 e. The maximum Gasteiger partial charge on any atom is 0.344 e. The van der Waals surface area contributed by atoms with Crippen LogP contribution < -0.4 is 14.8 Å². The number of nitrogens with one attached hydrogen (secondary N) is 1. The molecule has 0 unspecified atom stereocenters. The molecule has 6 nitrogen and oxygen atoms in total. The third-order valence-electron chi connectivity index (χ3n) is 3.26. The number of ether oxygens (including phenoxy) is 3. The molecule has 0 aliphatic heterocycles. The zero-order chi connectivity index (χ0) is 18.9. The minimum atomic E-state index is -0.967. The van der Waals surface area contributed by atoms with Crippen molar-refractivity contribution >= 4 is 29.2 Å². The lowest BCUT2D eigenvalue weighted by Crippen LogP contribution is -2.31. The molecule has 2 rings (SSSR count). The van der Waals surface area contributed by atoms with Gasteiger partial charge in [-0.3, -0.25) is 4.79 Å². The largest absolute Gasteiger partial charge is 0.494 e. The van der Waals surface area contributed by atoms with E-state index in [2.05, 4.69) is 5.32 Å². The molecule has 0 aliphatic carbocycles. The Balaban J connectivity index is 1.78. The Labute approximate surface area is 157 Å². The van der Waals surface area contributed by atoms with E-state index in [1.807, 2.05) is 6.92 Å². The Hall–Kier alpha value is -2.73. The molecule has 0 radical (unpaired) electrons. The highest BCUT2D eigenvalue weighted by Gasteiger charge is 2.18. The predicted molar refractivity (Wildman–Crippen MR) is 98.7 cm³/mol. The maximum absolute atomic E-state index is 12.0. The summed E-state index contributed by atoms with van der Waals surface area (Å²) in [5, 5.41) is 3.12. The van der Waals surface area contributed by atoms with Gasteiger partial charge >= 0.3 is 5.97 Å². The van der Waals surface area contributed by atoms with Crippen LogP contribution in [0.1, 0.15) is 13.8 Å². The van der Waals surface area contributed by atoms with Crippen LogP contribution in [0.5, 0.6) is 11.5 Å². The van der Waals surface area contributed by atoms with E-state index in [-0.39, 0.29) is 6.61 Å².